The molecule has 136 valence electrons. The summed E-state index contributed by atoms with van der Waals surface area (Å²) in [7, 11) is -1.96. The van der Waals surface area contributed by atoms with E-state index in [2.05, 4.69) is 5.16 Å². The minimum atomic E-state index is -3.59. The van der Waals surface area contributed by atoms with E-state index in [4.69, 9.17) is 4.52 Å². The predicted molar refractivity (Wildman–Crippen MR) is 95.8 cm³/mol. The molecular formula is C17H23N3O4S. The molecule has 7 nitrogen and oxygen atoms in total. The first kappa shape index (κ1) is 19.0. The number of rotatable bonds is 6. The van der Waals surface area contributed by atoms with Crippen LogP contribution in [0.1, 0.15) is 22.6 Å². The minimum Gasteiger partial charge on any atom is -0.361 e. The summed E-state index contributed by atoms with van der Waals surface area (Å²) in [5.41, 5.74) is 2.84. The van der Waals surface area contributed by atoms with Gasteiger partial charge in [0.05, 0.1) is 24.2 Å². The fourth-order valence-corrected chi connectivity index (χ4v) is 3.43. The van der Waals surface area contributed by atoms with Crippen molar-refractivity contribution in [3.63, 3.8) is 0 Å². The first-order valence-corrected chi connectivity index (χ1v) is 9.65. The Balaban J connectivity index is 2.22. The van der Waals surface area contributed by atoms with E-state index in [9.17, 15) is 13.2 Å². The Morgan fingerprint density at radius 2 is 1.84 bits per heavy atom. The first-order valence-electron chi connectivity index (χ1n) is 7.80. The molecule has 8 heteroatoms. The van der Waals surface area contributed by atoms with Gasteiger partial charge in [-0.05, 0) is 32.4 Å². The van der Waals surface area contributed by atoms with E-state index in [1.54, 1.807) is 33.0 Å². The molecule has 0 atom stereocenters. The second-order valence-corrected chi connectivity index (χ2v) is 8.02. The average Bonchev–Trinajstić information content (AvgIpc) is 2.84. The van der Waals surface area contributed by atoms with Gasteiger partial charge >= 0.3 is 0 Å². The highest BCUT2D eigenvalue weighted by molar-refractivity contribution is 7.92. The highest BCUT2D eigenvalue weighted by Crippen LogP contribution is 2.22. The lowest BCUT2D eigenvalue weighted by Crippen LogP contribution is -2.41. The number of sulfonamides is 1. The number of hydrogen-bond donors (Lipinski definition) is 0. The molecule has 1 amide bonds. The summed E-state index contributed by atoms with van der Waals surface area (Å²) in [6, 6.07) is 7.08. The van der Waals surface area contributed by atoms with Crippen molar-refractivity contribution in [2.24, 2.45) is 0 Å². The van der Waals surface area contributed by atoms with E-state index in [0.29, 0.717) is 18.0 Å². The van der Waals surface area contributed by atoms with Crippen LogP contribution in [0.4, 0.5) is 5.69 Å². The molecule has 1 aromatic heterocycles. The van der Waals surface area contributed by atoms with Crippen molar-refractivity contribution in [3.8, 4) is 0 Å². The maximum atomic E-state index is 12.6. The Bertz CT molecular complexity index is 854. The summed E-state index contributed by atoms with van der Waals surface area (Å²) in [6.07, 6.45) is 1.10. The molecule has 0 aliphatic heterocycles. The highest BCUT2D eigenvalue weighted by Gasteiger charge is 2.24. The third-order valence-corrected chi connectivity index (χ3v) is 5.19. The standard InChI is InChI=1S/C17H23N3O4S/c1-12-8-6-7-9-16(12)20(25(5,22)23)11-17(21)19(4)10-15-13(2)18-24-14(15)3/h6-9H,10-11H2,1-5H3. The van der Waals surface area contributed by atoms with Gasteiger partial charge in [0, 0.05) is 12.6 Å². The molecule has 2 aromatic rings. The van der Waals surface area contributed by atoms with Gasteiger partial charge in [-0.3, -0.25) is 9.10 Å². The zero-order chi connectivity index (χ0) is 18.8. The Morgan fingerprint density at radius 3 is 2.36 bits per heavy atom. The molecule has 0 bridgehead atoms. The monoisotopic (exact) mass is 365 g/mol. The van der Waals surface area contributed by atoms with Crippen LogP contribution < -0.4 is 4.31 Å². The van der Waals surface area contributed by atoms with Crippen molar-refractivity contribution in [3.05, 3.63) is 46.8 Å². The van der Waals surface area contributed by atoms with Gasteiger partial charge in [0.1, 0.15) is 12.3 Å². The maximum Gasteiger partial charge on any atom is 0.243 e. The van der Waals surface area contributed by atoms with Crippen LogP contribution in [0.2, 0.25) is 0 Å². The molecule has 0 fully saturated rings. The quantitative estimate of drug-likeness (QED) is 0.782. The van der Waals surface area contributed by atoms with E-state index in [0.717, 1.165) is 27.4 Å². The van der Waals surface area contributed by atoms with E-state index < -0.39 is 10.0 Å². The van der Waals surface area contributed by atoms with E-state index in [1.807, 2.05) is 19.1 Å². The van der Waals surface area contributed by atoms with E-state index >= 15 is 0 Å². The van der Waals surface area contributed by atoms with Crippen LogP contribution in [0.5, 0.6) is 0 Å². The zero-order valence-electron chi connectivity index (χ0n) is 15.1. The van der Waals surface area contributed by atoms with Crippen LogP contribution in [0.3, 0.4) is 0 Å². The average molecular weight is 365 g/mol. The highest BCUT2D eigenvalue weighted by atomic mass is 32.2. The molecule has 25 heavy (non-hydrogen) atoms. The second-order valence-electron chi connectivity index (χ2n) is 6.11. The third kappa shape index (κ3) is 4.39. The predicted octanol–water partition coefficient (Wildman–Crippen LogP) is 2.02. The molecule has 1 aromatic carbocycles. The Kier molecular flexibility index (Phi) is 5.52. The molecule has 0 saturated carbocycles. The van der Waals surface area contributed by atoms with Crippen molar-refractivity contribution in [1.82, 2.24) is 10.1 Å². The lowest BCUT2D eigenvalue weighted by atomic mass is 10.2. The molecule has 2 rings (SSSR count). The van der Waals surface area contributed by atoms with Crippen LogP contribution in [-0.4, -0.2) is 44.2 Å². The minimum absolute atomic E-state index is 0.260. The zero-order valence-corrected chi connectivity index (χ0v) is 15.9. The normalized spacial score (nSPS) is 11.4. The molecule has 0 aliphatic rings. The van der Waals surface area contributed by atoms with Gasteiger partial charge in [-0.15, -0.1) is 0 Å². The number of likely N-dealkylation sites (N-methyl/N-ethyl adjacent to an activating group) is 1. The third-order valence-electron chi connectivity index (χ3n) is 4.07. The number of hydrogen-bond acceptors (Lipinski definition) is 5. The van der Waals surface area contributed by atoms with Gasteiger partial charge in [0.15, 0.2) is 0 Å². The number of aromatic nitrogens is 1. The number of anilines is 1. The Hall–Kier alpha value is -2.35. The number of amides is 1. The SMILES string of the molecule is Cc1ccccc1N(CC(=O)N(C)Cc1c(C)noc1C)S(C)(=O)=O. The summed E-state index contributed by atoms with van der Waals surface area (Å²) in [5, 5.41) is 3.87. The Morgan fingerprint density at radius 1 is 1.20 bits per heavy atom. The topological polar surface area (TPSA) is 83.7 Å². The number of benzene rings is 1. The van der Waals surface area contributed by atoms with Gasteiger partial charge in [-0.25, -0.2) is 8.42 Å². The molecule has 0 N–H and O–H groups in total. The molecule has 1 heterocycles. The van der Waals surface area contributed by atoms with Crippen LogP contribution in [0.15, 0.2) is 28.8 Å². The van der Waals surface area contributed by atoms with Crippen molar-refractivity contribution >= 4 is 21.6 Å². The molecule has 0 aliphatic carbocycles. The van der Waals surface area contributed by atoms with Crippen molar-refractivity contribution in [2.75, 3.05) is 24.2 Å². The summed E-state index contributed by atoms with van der Waals surface area (Å²) in [6.45, 7) is 5.45. The van der Waals surface area contributed by atoms with Gasteiger partial charge < -0.3 is 9.42 Å². The summed E-state index contributed by atoms with van der Waals surface area (Å²) in [5.74, 6) is 0.338. The van der Waals surface area contributed by atoms with E-state index in [1.165, 1.54) is 4.90 Å². The molecule has 0 spiro atoms. The Labute approximate surface area is 148 Å². The van der Waals surface area contributed by atoms with Gasteiger partial charge in [-0.1, -0.05) is 23.4 Å². The molecular weight excluding hydrogens is 342 g/mol. The molecule has 0 unspecified atom stereocenters. The number of nitrogens with zero attached hydrogens (tertiary/aromatic N) is 3. The van der Waals surface area contributed by atoms with Crippen LogP contribution in [0, 0.1) is 20.8 Å². The maximum absolute atomic E-state index is 12.6. The van der Waals surface area contributed by atoms with Crippen molar-refractivity contribution in [2.45, 2.75) is 27.3 Å². The van der Waals surface area contributed by atoms with Gasteiger partial charge in [0.25, 0.3) is 0 Å². The number of carbonyl (C=O) groups is 1. The van der Waals surface area contributed by atoms with Crippen LogP contribution >= 0.6 is 0 Å². The van der Waals surface area contributed by atoms with Crippen molar-refractivity contribution in [1.29, 1.82) is 0 Å². The lowest BCUT2D eigenvalue weighted by molar-refractivity contribution is -0.128. The lowest BCUT2D eigenvalue weighted by Gasteiger charge is -2.26. The van der Waals surface area contributed by atoms with Gasteiger partial charge in [0.2, 0.25) is 15.9 Å². The second kappa shape index (κ2) is 7.26. The fraction of sp³-hybridized carbons (Fsp3) is 0.412. The van der Waals surface area contributed by atoms with Gasteiger partial charge in [-0.2, -0.15) is 0 Å². The summed E-state index contributed by atoms with van der Waals surface area (Å²) < 4.78 is 30.6. The van der Waals surface area contributed by atoms with Crippen LogP contribution in [0.25, 0.3) is 0 Å². The number of carbonyl (C=O) groups excluding carboxylic acids is 1. The van der Waals surface area contributed by atoms with Crippen molar-refractivity contribution < 1.29 is 17.7 Å². The number of aryl methyl sites for hydroxylation is 3. The molecule has 0 saturated heterocycles. The van der Waals surface area contributed by atoms with E-state index in [-0.39, 0.29) is 12.5 Å². The summed E-state index contributed by atoms with van der Waals surface area (Å²) in [4.78, 5) is 14.1. The number of para-hydroxylation sites is 1. The molecule has 0 radical (unpaired) electrons. The fourth-order valence-electron chi connectivity index (χ4n) is 2.52. The van der Waals surface area contributed by atoms with Crippen LogP contribution in [-0.2, 0) is 21.4 Å². The smallest absolute Gasteiger partial charge is 0.243 e. The summed E-state index contributed by atoms with van der Waals surface area (Å²) >= 11 is 0. The largest absolute Gasteiger partial charge is 0.361 e. The first-order chi connectivity index (χ1) is 11.6.